The van der Waals surface area contributed by atoms with E-state index in [9.17, 15) is 4.79 Å². The van der Waals surface area contributed by atoms with E-state index in [1.807, 2.05) is 48.5 Å². The zero-order chi connectivity index (χ0) is 19.3. The second-order valence-corrected chi connectivity index (χ2v) is 7.37. The minimum absolute atomic E-state index is 0.128. The van der Waals surface area contributed by atoms with Crippen LogP contribution in [0.15, 0.2) is 60.7 Å². The molecule has 2 aromatic heterocycles. The van der Waals surface area contributed by atoms with Crippen molar-refractivity contribution in [2.45, 2.75) is 25.7 Å². The van der Waals surface area contributed by atoms with Gasteiger partial charge in [0, 0.05) is 17.5 Å². The number of benzene rings is 2. The highest BCUT2D eigenvalue weighted by atomic mass is 16.1. The van der Waals surface area contributed by atoms with Crippen LogP contribution < -0.4 is 5.73 Å². The number of imidazole rings is 1. The summed E-state index contributed by atoms with van der Waals surface area (Å²) in [4.78, 5) is 17.5. The largest absolute Gasteiger partial charge is 0.368 e. The van der Waals surface area contributed by atoms with Gasteiger partial charge in [0.2, 0.25) is 5.95 Å². The summed E-state index contributed by atoms with van der Waals surface area (Å²) < 4.78 is 1.66. The molecule has 2 N–H and O–H groups in total. The number of nitrogens with zero attached hydrogens (tertiary/aromatic N) is 3. The summed E-state index contributed by atoms with van der Waals surface area (Å²) in [5, 5.41) is 4.73. The predicted molar refractivity (Wildman–Crippen MR) is 109 cm³/mol. The number of hydrogen-bond donors (Lipinski definition) is 1. The van der Waals surface area contributed by atoms with E-state index in [2.05, 4.69) is 24.0 Å². The summed E-state index contributed by atoms with van der Waals surface area (Å²) in [5.74, 6) is 0.606. The van der Waals surface area contributed by atoms with Crippen molar-refractivity contribution in [2.75, 3.05) is 5.73 Å². The minimum atomic E-state index is 0.128. The summed E-state index contributed by atoms with van der Waals surface area (Å²) >= 11 is 0. The summed E-state index contributed by atoms with van der Waals surface area (Å²) in [6.07, 6.45) is 1.22. The van der Waals surface area contributed by atoms with Crippen molar-refractivity contribution in [3.63, 3.8) is 0 Å². The van der Waals surface area contributed by atoms with Crippen molar-refractivity contribution >= 4 is 17.2 Å². The first-order chi connectivity index (χ1) is 13.6. The van der Waals surface area contributed by atoms with Gasteiger partial charge in [0.05, 0.1) is 11.2 Å². The molecule has 0 aliphatic heterocycles. The van der Waals surface area contributed by atoms with E-state index in [1.54, 1.807) is 4.52 Å². The predicted octanol–water partition coefficient (Wildman–Crippen LogP) is 4.20. The van der Waals surface area contributed by atoms with E-state index in [1.165, 1.54) is 11.1 Å². The Bertz CT molecular complexity index is 1210. The third kappa shape index (κ3) is 2.59. The van der Waals surface area contributed by atoms with Crippen molar-refractivity contribution in [1.82, 2.24) is 14.6 Å². The van der Waals surface area contributed by atoms with Gasteiger partial charge in [-0.2, -0.15) is 9.61 Å². The third-order valence-corrected chi connectivity index (χ3v) is 5.57. The molecule has 0 spiro atoms. The second-order valence-electron chi connectivity index (χ2n) is 7.37. The zero-order valence-corrected chi connectivity index (χ0v) is 15.6. The maximum atomic E-state index is 13.0. The Morgan fingerprint density at radius 2 is 1.79 bits per heavy atom. The first-order valence-electron chi connectivity index (χ1n) is 9.44. The molecule has 2 heterocycles. The van der Waals surface area contributed by atoms with Crippen LogP contribution >= 0.6 is 0 Å². The molecule has 4 aromatic rings. The first-order valence-corrected chi connectivity index (χ1v) is 9.44. The lowest BCUT2D eigenvalue weighted by molar-refractivity contribution is 0.0962. The van der Waals surface area contributed by atoms with Crippen molar-refractivity contribution in [2.24, 2.45) is 0 Å². The molecule has 1 unspecified atom stereocenters. The van der Waals surface area contributed by atoms with Crippen LogP contribution in [0.5, 0.6) is 0 Å². The van der Waals surface area contributed by atoms with Crippen molar-refractivity contribution < 1.29 is 4.79 Å². The summed E-state index contributed by atoms with van der Waals surface area (Å²) in [6.45, 7) is 2.09. The standard InChI is InChI=1S/C23H20N4O/c1-14-7-5-6-10-17(14)16-11-19-18(21(28)12-16)13-20-22(15-8-3-2-4-9-15)25-23(24)27(20)26-19/h2-10,13,16H,11-12H2,1H3,(H2,24,25). The number of anilines is 1. The number of carbonyl (C=O) groups is 1. The number of fused-ring (bicyclic) bond motifs is 2. The van der Waals surface area contributed by atoms with Gasteiger partial charge in [0.1, 0.15) is 5.69 Å². The Hall–Kier alpha value is -3.47. The molecule has 0 radical (unpaired) electrons. The van der Waals surface area contributed by atoms with Crippen LogP contribution in [-0.2, 0) is 6.42 Å². The van der Waals surface area contributed by atoms with Crippen LogP contribution in [0.1, 0.15) is 39.5 Å². The van der Waals surface area contributed by atoms with Gasteiger partial charge in [0.15, 0.2) is 5.78 Å². The number of nitrogen functional groups attached to an aromatic ring is 1. The molecule has 2 aromatic carbocycles. The van der Waals surface area contributed by atoms with Gasteiger partial charge in [-0.3, -0.25) is 4.79 Å². The van der Waals surface area contributed by atoms with E-state index in [0.29, 0.717) is 17.9 Å². The average Bonchev–Trinajstić information content (AvgIpc) is 3.03. The Morgan fingerprint density at radius 1 is 1.04 bits per heavy atom. The number of hydrogen-bond acceptors (Lipinski definition) is 4. The topological polar surface area (TPSA) is 73.3 Å². The molecule has 0 bridgehead atoms. The van der Waals surface area contributed by atoms with E-state index in [0.717, 1.165) is 28.9 Å². The Morgan fingerprint density at radius 3 is 2.57 bits per heavy atom. The molecule has 28 heavy (non-hydrogen) atoms. The smallest absolute Gasteiger partial charge is 0.222 e. The van der Waals surface area contributed by atoms with Crippen LogP contribution in [0.25, 0.3) is 16.8 Å². The molecule has 0 saturated carbocycles. The number of aromatic nitrogens is 3. The fraction of sp³-hybridized carbons (Fsp3) is 0.174. The molecule has 1 aliphatic rings. The number of Topliss-reactive ketones (excluding diaryl/α,β-unsaturated/α-hetero) is 1. The molecule has 5 nitrogen and oxygen atoms in total. The molecule has 5 heteroatoms. The van der Waals surface area contributed by atoms with E-state index >= 15 is 0 Å². The van der Waals surface area contributed by atoms with Gasteiger partial charge in [-0.25, -0.2) is 4.98 Å². The van der Waals surface area contributed by atoms with Gasteiger partial charge in [-0.05, 0) is 36.5 Å². The van der Waals surface area contributed by atoms with Crippen molar-refractivity contribution in [3.8, 4) is 11.3 Å². The van der Waals surface area contributed by atoms with Gasteiger partial charge in [-0.15, -0.1) is 0 Å². The molecule has 0 fully saturated rings. The van der Waals surface area contributed by atoms with Crippen LogP contribution in [0.4, 0.5) is 5.95 Å². The highest BCUT2D eigenvalue weighted by Crippen LogP contribution is 2.35. The fourth-order valence-electron chi connectivity index (χ4n) is 4.18. The Labute approximate surface area is 162 Å². The van der Waals surface area contributed by atoms with E-state index in [-0.39, 0.29) is 11.7 Å². The number of ketones is 1. The quantitative estimate of drug-likeness (QED) is 0.575. The second kappa shape index (κ2) is 6.30. The normalized spacial score (nSPS) is 16.3. The maximum absolute atomic E-state index is 13.0. The lowest BCUT2D eigenvalue weighted by Gasteiger charge is -2.24. The Kier molecular flexibility index (Phi) is 3.76. The molecule has 1 atom stereocenters. The van der Waals surface area contributed by atoms with E-state index < -0.39 is 0 Å². The lowest BCUT2D eigenvalue weighted by atomic mass is 9.80. The molecule has 138 valence electrons. The summed E-state index contributed by atoms with van der Waals surface area (Å²) in [5.41, 5.74) is 12.5. The SMILES string of the molecule is Cc1ccccc1C1CC(=O)c2cc3c(-c4ccccc4)nc(N)n3nc2C1. The summed E-state index contributed by atoms with van der Waals surface area (Å²) in [7, 11) is 0. The molecule has 0 saturated heterocycles. The molecule has 5 rings (SSSR count). The van der Waals surface area contributed by atoms with E-state index in [4.69, 9.17) is 10.8 Å². The van der Waals surface area contributed by atoms with Crippen LogP contribution in [0, 0.1) is 6.92 Å². The average molecular weight is 368 g/mol. The number of rotatable bonds is 2. The van der Waals surface area contributed by atoms with Gasteiger partial charge in [-0.1, -0.05) is 54.6 Å². The van der Waals surface area contributed by atoms with Crippen molar-refractivity contribution in [1.29, 1.82) is 0 Å². The monoisotopic (exact) mass is 368 g/mol. The molecular formula is C23H20N4O. The maximum Gasteiger partial charge on any atom is 0.222 e. The first kappa shape index (κ1) is 16.7. The van der Waals surface area contributed by atoms with Crippen LogP contribution in [-0.4, -0.2) is 20.4 Å². The fourth-order valence-corrected chi connectivity index (χ4v) is 4.18. The number of aryl methyl sites for hydroxylation is 1. The zero-order valence-electron chi connectivity index (χ0n) is 15.6. The highest BCUT2D eigenvalue weighted by Gasteiger charge is 2.29. The number of nitrogens with two attached hydrogens (primary N) is 1. The Balaban J connectivity index is 1.64. The van der Waals surface area contributed by atoms with Crippen LogP contribution in [0.2, 0.25) is 0 Å². The highest BCUT2D eigenvalue weighted by molar-refractivity contribution is 6.00. The van der Waals surface area contributed by atoms with Gasteiger partial charge >= 0.3 is 0 Å². The van der Waals surface area contributed by atoms with Crippen LogP contribution in [0.3, 0.4) is 0 Å². The molecule has 1 aliphatic carbocycles. The molecular weight excluding hydrogens is 348 g/mol. The number of carbonyl (C=O) groups excluding carboxylic acids is 1. The van der Waals surface area contributed by atoms with Crippen molar-refractivity contribution in [3.05, 3.63) is 83.0 Å². The third-order valence-electron chi connectivity index (χ3n) is 5.57. The lowest BCUT2D eigenvalue weighted by Crippen LogP contribution is -2.22. The minimum Gasteiger partial charge on any atom is -0.368 e. The molecule has 0 amide bonds. The van der Waals surface area contributed by atoms with Gasteiger partial charge < -0.3 is 5.73 Å². The summed E-state index contributed by atoms with van der Waals surface area (Å²) in [6, 6.07) is 20.0. The van der Waals surface area contributed by atoms with Gasteiger partial charge in [0.25, 0.3) is 0 Å².